The van der Waals surface area contributed by atoms with Gasteiger partial charge in [-0.25, -0.2) is 5.43 Å². The Morgan fingerprint density at radius 2 is 2.19 bits per heavy atom. The summed E-state index contributed by atoms with van der Waals surface area (Å²) in [5.74, 6) is -0.386. The van der Waals surface area contributed by atoms with Gasteiger partial charge in [0.15, 0.2) is 0 Å². The lowest BCUT2D eigenvalue weighted by Crippen LogP contribution is -2.36. The van der Waals surface area contributed by atoms with Crippen LogP contribution in [-0.4, -0.2) is 22.1 Å². The van der Waals surface area contributed by atoms with E-state index in [1.807, 2.05) is 42.1 Å². The molecule has 0 aliphatic carbocycles. The number of carbonyl (C=O) groups excluding carboxylic acids is 2. The third kappa shape index (κ3) is 2.65. The van der Waals surface area contributed by atoms with Crippen LogP contribution >= 0.6 is 0 Å². The molecule has 0 unspecified atom stereocenters. The molecule has 0 spiro atoms. The highest BCUT2D eigenvalue weighted by Gasteiger charge is 2.18. The van der Waals surface area contributed by atoms with Crippen LogP contribution in [0.4, 0.5) is 0 Å². The third-order valence-corrected chi connectivity index (χ3v) is 3.59. The number of hydrogen-bond acceptors (Lipinski definition) is 3. The summed E-state index contributed by atoms with van der Waals surface area (Å²) in [6.45, 7) is 0.438. The van der Waals surface area contributed by atoms with Crippen molar-refractivity contribution in [2.75, 3.05) is 0 Å². The molecular weight excluding hydrogens is 268 g/mol. The number of aryl methyl sites for hydroxylation is 1. The maximum atomic E-state index is 12.0. The molecule has 1 aromatic carbocycles. The maximum absolute atomic E-state index is 12.0. The number of fused-ring (bicyclic) bond motifs is 1. The summed E-state index contributed by atoms with van der Waals surface area (Å²) in [6, 6.07) is 8.05. The Labute approximate surface area is 121 Å². The van der Waals surface area contributed by atoms with Crippen LogP contribution in [0.15, 0.2) is 35.6 Å². The normalized spacial score (nSPS) is 14.7. The summed E-state index contributed by atoms with van der Waals surface area (Å²) in [5, 5.41) is 7.77. The number of benzene rings is 1. The van der Waals surface area contributed by atoms with Crippen molar-refractivity contribution in [3.05, 3.63) is 36.0 Å². The predicted molar refractivity (Wildman–Crippen MR) is 79.6 cm³/mol. The van der Waals surface area contributed by atoms with Crippen LogP contribution in [0.5, 0.6) is 0 Å². The van der Waals surface area contributed by atoms with Crippen molar-refractivity contribution in [2.45, 2.75) is 19.4 Å². The Morgan fingerprint density at radius 3 is 2.95 bits per heavy atom. The first kappa shape index (κ1) is 13.4. The lowest BCUT2D eigenvalue weighted by atomic mass is 10.1. The topological polar surface area (TPSA) is 75.5 Å². The number of hydrazone groups is 1. The highest BCUT2D eigenvalue weighted by atomic mass is 16.2. The second-order valence-corrected chi connectivity index (χ2v) is 5.06. The number of nitrogens with zero attached hydrogens (tertiary/aromatic N) is 2. The van der Waals surface area contributed by atoms with E-state index in [0.717, 1.165) is 16.5 Å². The lowest BCUT2D eigenvalue weighted by molar-refractivity contribution is -0.121. The van der Waals surface area contributed by atoms with Crippen LogP contribution in [0.2, 0.25) is 0 Å². The minimum Gasteiger partial charge on any atom is -0.350 e. The molecule has 3 rings (SSSR count). The van der Waals surface area contributed by atoms with Crippen molar-refractivity contribution in [2.24, 2.45) is 12.1 Å². The average molecular weight is 284 g/mol. The molecule has 1 aliphatic heterocycles. The van der Waals surface area contributed by atoms with E-state index in [1.165, 1.54) is 0 Å². The van der Waals surface area contributed by atoms with E-state index >= 15 is 0 Å². The quantitative estimate of drug-likeness (QED) is 0.884. The zero-order valence-electron chi connectivity index (χ0n) is 11.7. The van der Waals surface area contributed by atoms with E-state index in [9.17, 15) is 9.59 Å². The Kier molecular flexibility index (Phi) is 3.43. The minimum atomic E-state index is -0.233. The van der Waals surface area contributed by atoms with E-state index in [0.29, 0.717) is 25.1 Å². The molecule has 2 N–H and O–H groups in total. The zero-order valence-corrected chi connectivity index (χ0v) is 11.7. The van der Waals surface area contributed by atoms with Crippen LogP contribution in [0.1, 0.15) is 18.4 Å². The van der Waals surface area contributed by atoms with Gasteiger partial charge in [0.05, 0.1) is 0 Å². The number of hydrogen-bond donors (Lipinski definition) is 2. The number of nitrogens with one attached hydrogen (secondary N) is 2. The SMILES string of the molecule is Cn1cc(CNC(=O)C2=NNC(=O)CC2)c2ccccc21. The lowest BCUT2D eigenvalue weighted by Gasteiger charge is -2.11. The highest BCUT2D eigenvalue weighted by molar-refractivity contribution is 6.39. The van der Waals surface area contributed by atoms with E-state index in [1.54, 1.807) is 0 Å². The average Bonchev–Trinajstić information content (AvgIpc) is 2.83. The van der Waals surface area contributed by atoms with Gasteiger partial charge < -0.3 is 9.88 Å². The van der Waals surface area contributed by atoms with Crippen molar-refractivity contribution in [1.82, 2.24) is 15.3 Å². The summed E-state index contributed by atoms with van der Waals surface area (Å²) < 4.78 is 2.04. The minimum absolute atomic E-state index is 0.152. The number of aromatic nitrogens is 1. The summed E-state index contributed by atoms with van der Waals surface area (Å²) in [7, 11) is 1.98. The first-order chi connectivity index (χ1) is 10.1. The number of amides is 2. The van der Waals surface area contributed by atoms with Gasteiger partial charge in [-0.05, 0) is 11.6 Å². The molecule has 0 bridgehead atoms. The largest absolute Gasteiger partial charge is 0.350 e. The Hall–Kier alpha value is -2.63. The molecule has 0 saturated heterocycles. The first-order valence-electron chi connectivity index (χ1n) is 6.81. The van der Waals surface area contributed by atoms with Gasteiger partial charge >= 0.3 is 0 Å². The fraction of sp³-hybridized carbons (Fsp3) is 0.267. The zero-order chi connectivity index (χ0) is 14.8. The number of rotatable bonds is 3. The molecule has 0 atom stereocenters. The molecule has 1 aromatic heterocycles. The van der Waals surface area contributed by atoms with E-state index in [2.05, 4.69) is 15.8 Å². The van der Waals surface area contributed by atoms with Crippen LogP contribution < -0.4 is 10.7 Å². The summed E-state index contributed by atoms with van der Waals surface area (Å²) in [4.78, 5) is 23.0. The number of para-hydroxylation sites is 1. The Balaban J connectivity index is 1.72. The van der Waals surface area contributed by atoms with E-state index < -0.39 is 0 Å². The van der Waals surface area contributed by atoms with Crippen molar-refractivity contribution >= 4 is 28.4 Å². The fourth-order valence-corrected chi connectivity index (χ4v) is 2.48. The van der Waals surface area contributed by atoms with Crippen molar-refractivity contribution in [3.8, 4) is 0 Å². The van der Waals surface area contributed by atoms with Gasteiger partial charge in [0.1, 0.15) is 5.71 Å². The van der Waals surface area contributed by atoms with Gasteiger partial charge in [-0.1, -0.05) is 18.2 Å². The van der Waals surface area contributed by atoms with Crippen LogP contribution in [0.25, 0.3) is 10.9 Å². The molecule has 6 nitrogen and oxygen atoms in total. The predicted octanol–water partition coefficient (Wildman–Crippen LogP) is 1.06. The van der Waals surface area contributed by atoms with Crippen molar-refractivity contribution in [1.29, 1.82) is 0 Å². The third-order valence-electron chi connectivity index (χ3n) is 3.59. The second kappa shape index (κ2) is 5.40. The summed E-state index contributed by atoms with van der Waals surface area (Å²) in [6.07, 6.45) is 2.70. The van der Waals surface area contributed by atoms with Gasteiger partial charge in [-0.2, -0.15) is 5.10 Å². The van der Waals surface area contributed by atoms with Crippen LogP contribution in [-0.2, 0) is 23.2 Å². The summed E-state index contributed by atoms with van der Waals surface area (Å²) in [5.41, 5.74) is 4.89. The molecule has 2 heterocycles. The number of carbonyl (C=O) groups is 2. The van der Waals surface area contributed by atoms with Gasteiger partial charge in [0.25, 0.3) is 5.91 Å². The van der Waals surface area contributed by atoms with Gasteiger partial charge in [-0.3, -0.25) is 9.59 Å². The molecule has 0 fully saturated rings. The Morgan fingerprint density at radius 1 is 1.38 bits per heavy atom. The Bertz CT molecular complexity index is 745. The molecule has 2 aromatic rings. The maximum Gasteiger partial charge on any atom is 0.267 e. The molecule has 2 amide bonds. The van der Waals surface area contributed by atoms with Gasteiger partial charge in [0.2, 0.25) is 5.91 Å². The van der Waals surface area contributed by atoms with Gasteiger partial charge in [0, 0.05) is 43.5 Å². The molecule has 108 valence electrons. The van der Waals surface area contributed by atoms with Gasteiger partial charge in [-0.15, -0.1) is 0 Å². The standard InChI is InChI=1S/C15H16N4O2/c1-19-9-10(11-4-2-3-5-13(11)19)8-16-15(21)12-6-7-14(20)18-17-12/h2-5,9H,6-8H2,1H3,(H,16,21)(H,18,20). The second-order valence-electron chi connectivity index (χ2n) is 5.06. The molecule has 21 heavy (non-hydrogen) atoms. The molecule has 0 radical (unpaired) electrons. The molecule has 6 heteroatoms. The van der Waals surface area contributed by atoms with Crippen molar-refractivity contribution < 1.29 is 9.59 Å². The van der Waals surface area contributed by atoms with E-state index in [-0.39, 0.29) is 11.8 Å². The van der Waals surface area contributed by atoms with Crippen LogP contribution in [0, 0.1) is 0 Å². The van der Waals surface area contributed by atoms with Crippen LogP contribution in [0.3, 0.4) is 0 Å². The fourth-order valence-electron chi connectivity index (χ4n) is 2.48. The first-order valence-corrected chi connectivity index (χ1v) is 6.81. The highest BCUT2D eigenvalue weighted by Crippen LogP contribution is 2.19. The van der Waals surface area contributed by atoms with E-state index in [4.69, 9.17) is 0 Å². The monoisotopic (exact) mass is 284 g/mol. The molecule has 0 saturated carbocycles. The van der Waals surface area contributed by atoms with Crippen molar-refractivity contribution in [3.63, 3.8) is 0 Å². The molecule has 1 aliphatic rings. The smallest absolute Gasteiger partial charge is 0.267 e. The molecular formula is C15H16N4O2. The summed E-state index contributed by atoms with van der Waals surface area (Å²) >= 11 is 0.